The molecule has 1 aliphatic heterocycles. The van der Waals surface area contributed by atoms with E-state index in [1.807, 2.05) is 79.4 Å². The van der Waals surface area contributed by atoms with Gasteiger partial charge < -0.3 is 19.9 Å². The van der Waals surface area contributed by atoms with Gasteiger partial charge in [-0.25, -0.2) is 0 Å². The van der Waals surface area contributed by atoms with Crippen LogP contribution in [-0.4, -0.2) is 54.6 Å². The van der Waals surface area contributed by atoms with E-state index in [2.05, 4.69) is 15.5 Å². The first kappa shape index (κ1) is 26.4. The molecule has 1 fully saturated rings. The summed E-state index contributed by atoms with van der Waals surface area (Å²) < 4.78 is 5.54. The highest BCUT2D eigenvalue weighted by molar-refractivity contribution is 7.80. The van der Waals surface area contributed by atoms with Crippen LogP contribution < -0.4 is 20.3 Å². The molecule has 9 heteroatoms. The van der Waals surface area contributed by atoms with Crippen molar-refractivity contribution >= 4 is 52.1 Å². The van der Waals surface area contributed by atoms with Gasteiger partial charge in [0.05, 0.1) is 16.4 Å². The molecule has 7 nitrogen and oxygen atoms in total. The molecule has 1 saturated heterocycles. The van der Waals surface area contributed by atoms with Gasteiger partial charge in [0, 0.05) is 31.7 Å². The number of ether oxygens (including phenoxy) is 1. The molecular weight excluding hydrogens is 508 g/mol. The predicted octanol–water partition coefficient (Wildman–Crippen LogP) is 4.81. The van der Waals surface area contributed by atoms with E-state index in [-0.39, 0.29) is 23.5 Å². The van der Waals surface area contributed by atoms with E-state index in [0.29, 0.717) is 48.2 Å². The Morgan fingerprint density at radius 3 is 2.35 bits per heavy atom. The van der Waals surface area contributed by atoms with Gasteiger partial charge in [-0.1, -0.05) is 47.5 Å². The minimum Gasteiger partial charge on any atom is -0.484 e. The maximum absolute atomic E-state index is 12.9. The van der Waals surface area contributed by atoms with E-state index in [4.69, 9.17) is 28.6 Å². The number of carbonyl (C=O) groups excluding carboxylic acids is 2. The van der Waals surface area contributed by atoms with Crippen LogP contribution in [-0.2, 0) is 4.79 Å². The van der Waals surface area contributed by atoms with Gasteiger partial charge in [-0.05, 0) is 68.0 Å². The zero-order valence-corrected chi connectivity index (χ0v) is 22.4. The molecule has 0 unspecified atom stereocenters. The molecular formula is C28H29ClN4O3S. The molecule has 0 saturated carbocycles. The van der Waals surface area contributed by atoms with E-state index < -0.39 is 0 Å². The lowest BCUT2D eigenvalue weighted by Gasteiger charge is -2.37. The first-order valence-electron chi connectivity index (χ1n) is 12.0. The predicted molar refractivity (Wildman–Crippen MR) is 152 cm³/mol. The van der Waals surface area contributed by atoms with Crippen molar-refractivity contribution in [2.75, 3.05) is 43.0 Å². The summed E-state index contributed by atoms with van der Waals surface area (Å²) in [6.07, 6.45) is 0. The molecule has 0 bridgehead atoms. The van der Waals surface area contributed by atoms with E-state index >= 15 is 0 Å². The summed E-state index contributed by atoms with van der Waals surface area (Å²) >= 11 is 12.0. The van der Waals surface area contributed by atoms with Gasteiger partial charge in [0.1, 0.15) is 5.75 Å². The molecule has 4 rings (SSSR count). The molecule has 0 spiro atoms. The first-order valence-corrected chi connectivity index (χ1v) is 12.8. The van der Waals surface area contributed by atoms with E-state index in [0.717, 1.165) is 16.8 Å². The van der Waals surface area contributed by atoms with Crippen molar-refractivity contribution in [1.29, 1.82) is 0 Å². The molecule has 0 aliphatic carbocycles. The standard InChI is InChI=1S/C28H29ClN4O3S/c1-19-9-11-21(12-10-19)27(35)33-15-13-32(14-16-33)26-23(29)7-4-8-24(26)30-28(37)31-25(34)18-36-22-6-3-5-20(2)17-22/h3-12,17H,13-16,18H2,1-2H3,(H2,30,31,34,37). The van der Waals surface area contributed by atoms with E-state index in [9.17, 15) is 9.59 Å². The summed E-state index contributed by atoms with van der Waals surface area (Å²) in [4.78, 5) is 29.2. The van der Waals surface area contributed by atoms with Gasteiger partial charge in [0.15, 0.2) is 11.7 Å². The zero-order valence-electron chi connectivity index (χ0n) is 20.8. The summed E-state index contributed by atoms with van der Waals surface area (Å²) in [5.41, 5.74) is 4.30. The number of rotatable bonds is 6. The lowest BCUT2D eigenvalue weighted by atomic mass is 10.1. The van der Waals surface area contributed by atoms with Gasteiger partial charge in [0.25, 0.3) is 11.8 Å². The SMILES string of the molecule is Cc1ccc(C(=O)N2CCN(c3c(Cl)cccc3NC(=S)NC(=O)COc3cccc(C)c3)CC2)cc1. The van der Waals surface area contributed by atoms with Gasteiger partial charge >= 0.3 is 0 Å². The Morgan fingerprint density at radius 1 is 0.946 bits per heavy atom. The molecule has 2 N–H and O–H groups in total. The molecule has 2 amide bonds. The van der Waals surface area contributed by atoms with Crippen LogP contribution in [0.25, 0.3) is 0 Å². The second-order valence-electron chi connectivity index (χ2n) is 8.89. The lowest BCUT2D eigenvalue weighted by Crippen LogP contribution is -2.49. The highest BCUT2D eigenvalue weighted by Gasteiger charge is 2.25. The fourth-order valence-electron chi connectivity index (χ4n) is 4.12. The number of amides is 2. The molecule has 0 aromatic heterocycles. The van der Waals surface area contributed by atoms with Gasteiger partial charge in [-0.3, -0.25) is 14.9 Å². The minimum atomic E-state index is -0.370. The number of piperazine rings is 1. The van der Waals surface area contributed by atoms with Crippen LogP contribution in [0.15, 0.2) is 66.7 Å². The number of nitrogens with zero attached hydrogens (tertiary/aromatic N) is 2. The average Bonchev–Trinajstić information content (AvgIpc) is 2.88. The molecule has 37 heavy (non-hydrogen) atoms. The second-order valence-corrected chi connectivity index (χ2v) is 9.70. The van der Waals surface area contributed by atoms with Crippen molar-refractivity contribution in [3.05, 3.63) is 88.4 Å². The summed E-state index contributed by atoms with van der Waals surface area (Å²) in [6, 6.07) is 20.6. The summed E-state index contributed by atoms with van der Waals surface area (Å²) in [5, 5.41) is 6.44. The third-order valence-corrected chi connectivity index (χ3v) is 6.54. The Morgan fingerprint density at radius 2 is 1.65 bits per heavy atom. The van der Waals surface area contributed by atoms with Crippen LogP contribution >= 0.6 is 23.8 Å². The Kier molecular flexibility index (Phi) is 8.63. The van der Waals surface area contributed by atoms with Crippen molar-refractivity contribution in [3.63, 3.8) is 0 Å². The van der Waals surface area contributed by atoms with Crippen molar-refractivity contribution in [1.82, 2.24) is 10.2 Å². The van der Waals surface area contributed by atoms with Crippen molar-refractivity contribution in [3.8, 4) is 5.75 Å². The summed E-state index contributed by atoms with van der Waals surface area (Å²) in [7, 11) is 0. The maximum Gasteiger partial charge on any atom is 0.264 e. The monoisotopic (exact) mass is 536 g/mol. The molecule has 3 aromatic carbocycles. The normalized spacial score (nSPS) is 13.2. The second kappa shape index (κ2) is 12.1. The minimum absolute atomic E-state index is 0.0222. The number of aryl methyl sites for hydroxylation is 2. The van der Waals surface area contributed by atoms with Crippen LogP contribution in [0, 0.1) is 13.8 Å². The summed E-state index contributed by atoms with van der Waals surface area (Å²) in [6.45, 7) is 6.14. The molecule has 0 radical (unpaired) electrons. The molecule has 1 heterocycles. The number of thiocarbonyl (C=S) groups is 1. The topological polar surface area (TPSA) is 73.9 Å². The number of hydrogen-bond donors (Lipinski definition) is 2. The number of halogens is 1. The number of carbonyl (C=O) groups is 2. The van der Waals surface area contributed by atoms with Gasteiger partial charge in [-0.2, -0.15) is 0 Å². The van der Waals surface area contributed by atoms with Crippen LogP contribution in [0.3, 0.4) is 0 Å². The molecule has 0 atom stereocenters. The zero-order chi connectivity index (χ0) is 26.4. The average molecular weight is 537 g/mol. The largest absolute Gasteiger partial charge is 0.484 e. The molecule has 1 aliphatic rings. The van der Waals surface area contributed by atoms with Gasteiger partial charge in [-0.15, -0.1) is 0 Å². The quantitative estimate of drug-likeness (QED) is 0.440. The van der Waals surface area contributed by atoms with Crippen molar-refractivity contribution in [2.45, 2.75) is 13.8 Å². The fraction of sp³-hybridized carbons (Fsp3) is 0.250. The van der Waals surface area contributed by atoms with Crippen LogP contribution in [0.5, 0.6) is 5.75 Å². The molecule has 192 valence electrons. The highest BCUT2D eigenvalue weighted by atomic mass is 35.5. The van der Waals surface area contributed by atoms with Gasteiger partial charge in [0.2, 0.25) is 0 Å². The van der Waals surface area contributed by atoms with Crippen LogP contribution in [0.1, 0.15) is 21.5 Å². The summed E-state index contributed by atoms with van der Waals surface area (Å²) in [5.74, 6) is 0.269. The highest BCUT2D eigenvalue weighted by Crippen LogP contribution is 2.34. The Labute approximate surface area is 227 Å². The van der Waals surface area contributed by atoms with E-state index in [1.165, 1.54) is 0 Å². The van der Waals surface area contributed by atoms with Crippen molar-refractivity contribution < 1.29 is 14.3 Å². The molecule has 3 aromatic rings. The number of para-hydroxylation sites is 1. The maximum atomic E-state index is 12.9. The Balaban J connectivity index is 1.34. The number of hydrogen-bond acceptors (Lipinski definition) is 5. The van der Waals surface area contributed by atoms with E-state index in [1.54, 1.807) is 6.07 Å². The van der Waals surface area contributed by atoms with Crippen molar-refractivity contribution in [2.24, 2.45) is 0 Å². The Bertz CT molecular complexity index is 1290. The lowest BCUT2D eigenvalue weighted by molar-refractivity contribution is -0.121. The number of anilines is 2. The first-order chi connectivity index (χ1) is 17.8. The van der Waals surface area contributed by atoms with Crippen LogP contribution in [0.2, 0.25) is 5.02 Å². The van der Waals surface area contributed by atoms with Crippen LogP contribution in [0.4, 0.5) is 11.4 Å². The third kappa shape index (κ3) is 6.99. The third-order valence-electron chi connectivity index (χ3n) is 6.03. The smallest absolute Gasteiger partial charge is 0.264 e. The number of benzene rings is 3. The fourth-order valence-corrected chi connectivity index (χ4v) is 4.64. The Hall–Kier alpha value is -3.62. The number of nitrogens with one attached hydrogen (secondary N) is 2.